The molecule has 6 atom stereocenters. The van der Waals surface area contributed by atoms with Crippen molar-refractivity contribution in [1.82, 2.24) is 0 Å². The molecule has 4 aliphatic rings. The number of nitrogens with zero attached hydrogens (tertiary/aromatic N) is 1. The van der Waals surface area contributed by atoms with E-state index in [4.69, 9.17) is 4.74 Å². The van der Waals surface area contributed by atoms with Gasteiger partial charge in [0.2, 0.25) is 0 Å². The van der Waals surface area contributed by atoms with E-state index in [1.807, 2.05) is 20.8 Å². The van der Waals surface area contributed by atoms with Crippen LogP contribution in [0, 0.1) is 34.0 Å². The molecule has 4 aliphatic carbocycles. The molecule has 0 aromatic rings. The van der Waals surface area contributed by atoms with Crippen molar-refractivity contribution in [2.45, 2.75) is 92.1 Å². The first-order chi connectivity index (χ1) is 13.1. The molecule has 0 spiro atoms. The summed E-state index contributed by atoms with van der Waals surface area (Å²) in [5, 5.41) is 13.2. The molecule has 1 unspecified atom stereocenters. The van der Waals surface area contributed by atoms with E-state index in [2.05, 4.69) is 25.1 Å². The molecular weight excluding hydrogens is 350 g/mol. The van der Waals surface area contributed by atoms with Gasteiger partial charge in [0.25, 0.3) is 0 Å². The molecule has 4 rings (SSSR count). The number of carbonyl (C=O) groups excluding carboxylic acids is 1. The second-order valence-corrected chi connectivity index (χ2v) is 11.3. The number of fused-ring (bicyclic) bond motifs is 5. The first-order valence-corrected chi connectivity index (χ1v) is 11.2. The van der Waals surface area contributed by atoms with E-state index in [9.17, 15) is 10.0 Å². The van der Waals surface area contributed by atoms with Gasteiger partial charge in [0.15, 0.2) is 0 Å². The second-order valence-electron chi connectivity index (χ2n) is 11.3. The van der Waals surface area contributed by atoms with Crippen LogP contribution in [0.3, 0.4) is 0 Å². The number of ether oxygens (including phenoxy) is 1. The Kier molecular flexibility index (Phi) is 4.71. The third kappa shape index (κ3) is 2.93. The predicted molar refractivity (Wildman–Crippen MR) is 110 cm³/mol. The number of hydrogen-bond donors (Lipinski definition) is 1. The van der Waals surface area contributed by atoms with Gasteiger partial charge in [0.05, 0.1) is 11.1 Å². The highest BCUT2D eigenvalue weighted by Gasteiger charge is 2.58. The molecule has 0 radical (unpaired) electrons. The van der Waals surface area contributed by atoms with Crippen molar-refractivity contribution in [3.8, 4) is 0 Å². The largest absolute Gasteiger partial charge is 0.462 e. The number of hydrogen-bond acceptors (Lipinski definition) is 4. The molecule has 4 nitrogen and oxygen atoms in total. The van der Waals surface area contributed by atoms with Crippen LogP contribution in [0.1, 0.15) is 86.0 Å². The van der Waals surface area contributed by atoms with E-state index in [1.165, 1.54) is 18.4 Å². The van der Waals surface area contributed by atoms with E-state index >= 15 is 0 Å². The van der Waals surface area contributed by atoms with Crippen LogP contribution in [-0.2, 0) is 9.53 Å². The summed E-state index contributed by atoms with van der Waals surface area (Å²) in [6, 6.07) is 0. The smallest absolute Gasteiger partial charge is 0.311 e. The van der Waals surface area contributed by atoms with Crippen LogP contribution in [-0.4, -0.2) is 23.0 Å². The Hall–Kier alpha value is -1.32. The zero-order valence-corrected chi connectivity index (χ0v) is 18.3. The Morgan fingerprint density at radius 2 is 1.82 bits per heavy atom. The number of rotatable bonds is 1. The summed E-state index contributed by atoms with van der Waals surface area (Å²) in [5.74, 6) is 1.97. The molecule has 28 heavy (non-hydrogen) atoms. The molecule has 3 saturated carbocycles. The van der Waals surface area contributed by atoms with Gasteiger partial charge in [-0.05, 0) is 88.9 Å². The van der Waals surface area contributed by atoms with Crippen molar-refractivity contribution in [2.24, 2.45) is 39.2 Å². The van der Waals surface area contributed by atoms with Gasteiger partial charge in [-0.15, -0.1) is 0 Å². The standard InChI is InChI=1S/C24H37NO3/c1-22(2,3)21(26)28-16-10-12-23(4)15(14-16)6-7-17-18-8-9-20(25-27)24(18,5)13-11-19(17)23/h6,16-19,27H,7-14H2,1-5H3/b25-20+/t16-,17?,18-,19-,23-,24-/m0/s1. The molecule has 1 N–H and O–H groups in total. The van der Waals surface area contributed by atoms with Gasteiger partial charge in [0, 0.05) is 11.8 Å². The summed E-state index contributed by atoms with van der Waals surface area (Å²) < 4.78 is 5.88. The van der Waals surface area contributed by atoms with Crippen LogP contribution in [0.5, 0.6) is 0 Å². The maximum Gasteiger partial charge on any atom is 0.311 e. The number of oxime groups is 1. The summed E-state index contributed by atoms with van der Waals surface area (Å²) in [7, 11) is 0. The summed E-state index contributed by atoms with van der Waals surface area (Å²) >= 11 is 0. The fraction of sp³-hybridized carbons (Fsp3) is 0.833. The minimum atomic E-state index is -0.435. The lowest BCUT2D eigenvalue weighted by Gasteiger charge is -2.57. The third-order valence-electron chi connectivity index (χ3n) is 8.81. The SMILES string of the molecule is CC(C)(C)C(=O)O[C@H]1CC[C@@]2(C)C(=CCC3[C@@H]2CC[C@]2(C)/C(=N/O)CC[C@@H]32)C1. The van der Waals surface area contributed by atoms with Gasteiger partial charge >= 0.3 is 5.97 Å². The van der Waals surface area contributed by atoms with Crippen LogP contribution in [0.15, 0.2) is 16.8 Å². The van der Waals surface area contributed by atoms with Crippen LogP contribution in [0.4, 0.5) is 0 Å². The summed E-state index contributed by atoms with van der Waals surface area (Å²) in [4.78, 5) is 12.3. The monoisotopic (exact) mass is 387 g/mol. The van der Waals surface area contributed by atoms with Crippen LogP contribution >= 0.6 is 0 Å². The van der Waals surface area contributed by atoms with Gasteiger partial charge in [0.1, 0.15) is 6.10 Å². The molecule has 4 heteroatoms. The number of carbonyl (C=O) groups is 1. The molecule has 0 bridgehead atoms. The molecule has 156 valence electrons. The lowest BCUT2D eigenvalue weighted by Crippen LogP contribution is -2.50. The van der Waals surface area contributed by atoms with Crippen molar-refractivity contribution < 1.29 is 14.7 Å². The minimum Gasteiger partial charge on any atom is -0.462 e. The molecule has 0 aromatic carbocycles. The predicted octanol–water partition coefficient (Wildman–Crippen LogP) is 5.74. The fourth-order valence-electron chi connectivity index (χ4n) is 7.01. The first-order valence-electron chi connectivity index (χ1n) is 11.2. The van der Waals surface area contributed by atoms with Gasteiger partial charge in [-0.2, -0.15) is 0 Å². The fourth-order valence-corrected chi connectivity index (χ4v) is 7.01. The Labute approximate surface area is 169 Å². The van der Waals surface area contributed by atoms with Gasteiger partial charge in [-0.3, -0.25) is 4.79 Å². The average molecular weight is 388 g/mol. The van der Waals surface area contributed by atoms with Gasteiger partial charge in [-0.1, -0.05) is 30.7 Å². The Morgan fingerprint density at radius 1 is 1.14 bits per heavy atom. The number of esters is 1. The van der Waals surface area contributed by atoms with Crippen LogP contribution < -0.4 is 0 Å². The minimum absolute atomic E-state index is 0.0380. The molecular formula is C24H37NO3. The molecule has 3 fully saturated rings. The van der Waals surface area contributed by atoms with E-state index in [0.717, 1.165) is 44.2 Å². The van der Waals surface area contributed by atoms with E-state index in [-0.39, 0.29) is 22.9 Å². The van der Waals surface area contributed by atoms with E-state index < -0.39 is 5.41 Å². The topological polar surface area (TPSA) is 58.9 Å². The first kappa shape index (κ1) is 20.0. The Morgan fingerprint density at radius 3 is 2.50 bits per heavy atom. The van der Waals surface area contributed by atoms with Crippen LogP contribution in [0.25, 0.3) is 0 Å². The lowest BCUT2D eigenvalue weighted by molar-refractivity contribution is -0.160. The average Bonchev–Trinajstić information content (AvgIpc) is 2.97. The quantitative estimate of drug-likeness (QED) is 0.270. The molecule has 0 amide bonds. The maximum absolute atomic E-state index is 12.3. The van der Waals surface area contributed by atoms with Crippen molar-refractivity contribution in [3.63, 3.8) is 0 Å². The van der Waals surface area contributed by atoms with Gasteiger partial charge in [-0.25, -0.2) is 0 Å². The third-order valence-corrected chi connectivity index (χ3v) is 8.81. The van der Waals surface area contributed by atoms with Crippen LogP contribution in [0.2, 0.25) is 0 Å². The highest BCUT2D eigenvalue weighted by atomic mass is 16.5. The normalized spacial score (nSPS) is 44.3. The molecule has 0 heterocycles. The van der Waals surface area contributed by atoms with Crippen molar-refractivity contribution in [2.75, 3.05) is 0 Å². The van der Waals surface area contributed by atoms with Crippen molar-refractivity contribution >= 4 is 11.7 Å². The zero-order valence-electron chi connectivity index (χ0n) is 18.3. The highest BCUT2D eigenvalue weighted by Crippen LogP contribution is 2.64. The second kappa shape index (κ2) is 6.60. The van der Waals surface area contributed by atoms with E-state index in [1.54, 1.807) is 0 Å². The highest BCUT2D eigenvalue weighted by molar-refractivity contribution is 5.92. The lowest BCUT2D eigenvalue weighted by atomic mass is 9.48. The summed E-state index contributed by atoms with van der Waals surface area (Å²) in [5.41, 5.74) is 2.47. The zero-order chi connectivity index (χ0) is 20.3. The Balaban J connectivity index is 1.53. The van der Waals surface area contributed by atoms with Crippen molar-refractivity contribution in [1.29, 1.82) is 0 Å². The summed E-state index contributed by atoms with van der Waals surface area (Å²) in [6.07, 6.45) is 11.1. The molecule has 0 aromatic heterocycles. The van der Waals surface area contributed by atoms with E-state index in [0.29, 0.717) is 17.8 Å². The molecule has 0 saturated heterocycles. The summed E-state index contributed by atoms with van der Waals surface area (Å²) in [6.45, 7) is 10.6. The number of allylic oxidation sites excluding steroid dienone is 1. The van der Waals surface area contributed by atoms with Crippen molar-refractivity contribution in [3.05, 3.63) is 11.6 Å². The Bertz CT molecular complexity index is 718. The van der Waals surface area contributed by atoms with Gasteiger partial charge < -0.3 is 9.94 Å². The maximum atomic E-state index is 12.3. The molecule has 0 aliphatic heterocycles.